The molecule has 0 amide bonds. The molecule has 0 radical (unpaired) electrons. The van der Waals surface area contributed by atoms with Gasteiger partial charge in [-0.25, -0.2) is 0 Å². The Labute approximate surface area is 141 Å². The zero-order valence-electron chi connectivity index (χ0n) is 13.0. The van der Waals surface area contributed by atoms with Crippen molar-refractivity contribution in [1.29, 1.82) is 0 Å². The number of piperazine rings is 1. The molecule has 23 heavy (non-hydrogen) atoms. The molecule has 3 rings (SSSR count). The van der Waals surface area contributed by atoms with Gasteiger partial charge in [-0.15, -0.1) is 0 Å². The zero-order chi connectivity index (χ0) is 15.9. The highest BCUT2D eigenvalue weighted by atomic mass is 35.5. The number of hydrogen-bond acceptors (Lipinski definition) is 3. The summed E-state index contributed by atoms with van der Waals surface area (Å²) in [4.78, 5) is 1.55. The maximum Gasteiger partial charge on any atom is 0.126 e. The largest absolute Gasteiger partial charge is 0.465 e. The zero-order valence-corrected chi connectivity index (χ0v) is 13.7. The molecule has 0 saturated carbocycles. The summed E-state index contributed by atoms with van der Waals surface area (Å²) in [6.45, 7) is 5.06. The Kier molecular flexibility index (Phi) is 5.51. The predicted octanol–water partition coefficient (Wildman–Crippen LogP) is 2.33. The fourth-order valence-corrected chi connectivity index (χ4v) is 2.87. The van der Waals surface area contributed by atoms with Crippen molar-refractivity contribution in [1.82, 2.24) is 5.01 Å². The van der Waals surface area contributed by atoms with Gasteiger partial charge in [-0.05, 0) is 30.4 Å². The molecule has 1 aromatic heterocycles. The molecule has 0 spiro atoms. The van der Waals surface area contributed by atoms with E-state index in [0.717, 1.165) is 43.5 Å². The summed E-state index contributed by atoms with van der Waals surface area (Å²) in [6.07, 6.45) is 7.30. The van der Waals surface area contributed by atoms with Gasteiger partial charge in [0.05, 0.1) is 32.4 Å². The Balaban J connectivity index is 1.44. The van der Waals surface area contributed by atoms with Crippen LogP contribution in [0.4, 0.5) is 0 Å². The molecule has 2 aromatic rings. The first kappa shape index (κ1) is 15.8. The molecule has 1 saturated heterocycles. The summed E-state index contributed by atoms with van der Waals surface area (Å²) < 4.78 is 5.23. The van der Waals surface area contributed by atoms with E-state index < -0.39 is 0 Å². The summed E-state index contributed by atoms with van der Waals surface area (Å²) >= 11 is 6.24. The SMILES string of the molecule is Clc1ccccc1C[NH+]1CCN(/N=C\C=C\c2ccco2)CC1. The second-order valence-electron chi connectivity index (χ2n) is 5.61. The van der Waals surface area contributed by atoms with Crippen LogP contribution in [0.25, 0.3) is 6.08 Å². The highest BCUT2D eigenvalue weighted by molar-refractivity contribution is 6.31. The van der Waals surface area contributed by atoms with Crippen LogP contribution in [0.1, 0.15) is 11.3 Å². The number of allylic oxidation sites excluding steroid dienone is 1. The average Bonchev–Trinajstić information content (AvgIpc) is 3.09. The van der Waals surface area contributed by atoms with E-state index in [4.69, 9.17) is 16.0 Å². The average molecular weight is 331 g/mol. The minimum Gasteiger partial charge on any atom is -0.465 e. The fraction of sp³-hybridized carbons (Fsp3) is 0.278. The summed E-state index contributed by atoms with van der Waals surface area (Å²) in [7, 11) is 0. The molecular formula is C18H21ClN3O+. The van der Waals surface area contributed by atoms with E-state index in [2.05, 4.69) is 16.2 Å². The number of benzene rings is 1. The van der Waals surface area contributed by atoms with Crippen LogP contribution >= 0.6 is 11.6 Å². The van der Waals surface area contributed by atoms with E-state index in [1.54, 1.807) is 11.2 Å². The van der Waals surface area contributed by atoms with Crippen LogP contribution in [0.3, 0.4) is 0 Å². The van der Waals surface area contributed by atoms with Crippen LogP contribution < -0.4 is 4.90 Å². The van der Waals surface area contributed by atoms with E-state index in [-0.39, 0.29) is 0 Å². The lowest BCUT2D eigenvalue weighted by atomic mass is 10.2. The maximum absolute atomic E-state index is 6.24. The molecule has 0 unspecified atom stereocenters. The number of halogens is 1. The van der Waals surface area contributed by atoms with Crippen molar-refractivity contribution in [3.05, 3.63) is 65.1 Å². The first-order valence-corrected chi connectivity index (χ1v) is 8.25. The van der Waals surface area contributed by atoms with Crippen molar-refractivity contribution in [3.63, 3.8) is 0 Å². The van der Waals surface area contributed by atoms with Gasteiger partial charge in [-0.2, -0.15) is 5.10 Å². The van der Waals surface area contributed by atoms with Gasteiger partial charge in [-0.3, -0.25) is 5.01 Å². The summed E-state index contributed by atoms with van der Waals surface area (Å²) in [5.41, 5.74) is 1.22. The Morgan fingerprint density at radius 1 is 1.17 bits per heavy atom. The van der Waals surface area contributed by atoms with E-state index in [1.165, 1.54) is 5.56 Å². The van der Waals surface area contributed by atoms with Gasteiger partial charge in [0, 0.05) is 16.8 Å². The Bertz CT molecular complexity index is 659. The predicted molar refractivity (Wildman–Crippen MR) is 93.7 cm³/mol. The second-order valence-corrected chi connectivity index (χ2v) is 6.02. The molecular weight excluding hydrogens is 310 g/mol. The number of furan rings is 1. The van der Waals surface area contributed by atoms with Crippen molar-refractivity contribution in [2.24, 2.45) is 5.10 Å². The normalized spacial score (nSPS) is 16.7. The molecule has 2 heterocycles. The topological polar surface area (TPSA) is 33.2 Å². The van der Waals surface area contributed by atoms with Crippen molar-refractivity contribution in [3.8, 4) is 0 Å². The third-order valence-electron chi connectivity index (χ3n) is 3.96. The monoisotopic (exact) mass is 330 g/mol. The highest BCUT2D eigenvalue weighted by Crippen LogP contribution is 2.13. The van der Waals surface area contributed by atoms with Gasteiger partial charge in [0.15, 0.2) is 0 Å². The number of nitrogens with one attached hydrogen (secondary N) is 1. The number of nitrogens with zero attached hydrogens (tertiary/aromatic N) is 2. The fourth-order valence-electron chi connectivity index (χ4n) is 2.67. The van der Waals surface area contributed by atoms with Crippen LogP contribution in [-0.2, 0) is 6.54 Å². The number of hydrogen-bond donors (Lipinski definition) is 1. The van der Waals surface area contributed by atoms with Crippen LogP contribution in [0.5, 0.6) is 0 Å². The van der Waals surface area contributed by atoms with E-state index in [1.807, 2.05) is 48.7 Å². The minimum absolute atomic E-state index is 0.838. The van der Waals surface area contributed by atoms with Gasteiger partial charge < -0.3 is 9.32 Å². The number of rotatable bonds is 5. The van der Waals surface area contributed by atoms with Crippen molar-refractivity contribution in [2.45, 2.75) is 6.54 Å². The third-order valence-corrected chi connectivity index (χ3v) is 4.33. The molecule has 5 heteroatoms. The summed E-state index contributed by atoms with van der Waals surface area (Å²) in [5.74, 6) is 0.838. The molecule has 0 atom stereocenters. The van der Waals surface area contributed by atoms with Gasteiger partial charge in [-0.1, -0.05) is 29.8 Å². The first-order valence-electron chi connectivity index (χ1n) is 7.87. The molecule has 0 bridgehead atoms. The second kappa shape index (κ2) is 7.99. The van der Waals surface area contributed by atoms with Crippen molar-refractivity contribution < 1.29 is 9.32 Å². The van der Waals surface area contributed by atoms with Gasteiger partial charge in [0.2, 0.25) is 0 Å². The van der Waals surface area contributed by atoms with Crippen LogP contribution in [0.2, 0.25) is 5.02 Å². The lowest BCUT2D eigenvalue weighted by Crippen LogP contribution is -3.13. The standard InChI is InChI=1S/C18H20ClN3O/c19-18-8-2-1-5-16(18)15-21-10-12-22(13-11-21)20-9-3-6-17-7-4-14-23-17/h1-9,14H,10-13,15H2/p+1/b6-3+,20-9-. The van der Waals surface area contributed by atoms with Crippen molar-refractivity contribution >= 4 is 23.9 Å². The van der Waals surface area contributed by atoms with E-state index in [9.17, 15) is 0 Å². The smallest absolute Gasteiger partial charge is 0.126 e. The number of hydrazone groups is 1. The lowest BCUT2D eigenvalue weighted by Gasteiger charge is -2.30. The molecule has 1 aromatic carbocycles. The lowest BCUT2D eigenvalue weighted by molar-refractivity contribution is -0.918. The maximum atomic E-state index is 6.24. The summed E-state index contributed by atoms with van der Waals surface area (Å²) in [5, 5.41) is 7.46. The van der Waals surface area contributed by atoms with Gasteiger partial charge in [0.25, 0.3) is 0 Å². The van der Waals surface area contributed by atoms with Crippen LogP contribution in [0, 0.1) is 0 Å². The molecule has 1 aliphatic heterocycles. The quantitative estimate of drug-likeness (QED) is 0.854. The molecule has 0 aliphatic carbocycles. The summed E-state index contributed by atoms with van der Waals surface area (Å²) in [6, 6.07) is 11.9. The molecule has 4 nitrogen and oxygen atoms in total. The van der Waals surface area contributed by atoms with Gasteiger partial charge in [0.1, 0.15) is 12.3 Å². The Morgan fingerprint density at radius 2 is 2.00 bits per heavy atom. The van der Waals surface area contributed by atoms with Gasteiger partial charge >= 0.3 is 0 Å². The minimum atomic E-state index is 0.838. The van der Waals surface area contributed by atoms with E-state index >= 15 is 0 Å². The van der Waals surface area contributed by atoms with Crippen LogP contribution in [0.15, 0.2) is 58.3 Å². The van der Waals surface area contributed by atoms with E-state index in [0.29, 0.717) is 0 Å². The van der Waals surface area contributed by atoms with Crippen molar-refractivity contribution in [2.75, 3.05) is 26.2 Å². The Hall–Kier alpha value is -2.04. The molecule has 1 N–H and O–H groups in total. The molecule has 1 aliphatic rings. The number of quaternary nitrogens is 1. The highest BCUT2D eigenvalue weighted by Gasteiger charge is 2.19. The first-order chi connectivity index (χ1) is 11.3. The third kappa shape index (κ3) is 4.71. The molecule has 1 fully saturated rings. The Morgan fingerprint density at radius 3 is 2.74 bits per heavy atom. The van der Waals surface area contributed by atoms with Crippen LogP contribution in [-0.4, -0.2) is 37.4 Å². The molecule has 120 valence electrons.